The van der Waals surface area contributed by atoms with Crippen molar-refractivity contribution in [3.63, 3.8) is 0 Å². The predicted molar refractivity (Wildman–Crippen MR) is 95.6 cm³/mol. The smallest absolute Gasteiger partial charge is 0.278 e. The monoisotopic (exact) mass is 376 g/mol. The van der Waals surface area contributed by atoms with Gasteiger partial charge >= 0.3 is 0 Å². The van der Waals surface area contributed by atoms with Crippen molar-refractivity contribution in [1.82, 2.24) is 9.71 Å². The van der Waals surface area contributed by atoms with E-state index in [0.29, 0.717) is 16.7 Å². The Morgan fingerprint density at radius 1 is 1.12 bits per heavy atom. The Morgan fingerprint density at radius 2 is 1.92 bits per heavy atom. The second kappa shape index (κ2) is 7.64. The summed E-state index contributed by atoms with van der Waals surface area (Å²) in [6.07, 6.45) is 1.67. The second-order valence-electron chi connectivity index (χ2n) is 5.05. The van der Waals surface area contributed by atoms with Gasteiger partial charge in [-0.2, -0.15) is 0 Å². The van der Waals surface area contributed by atoms with Crippen molar-refractivity contribution >= 4 is 21.4 Å². The molecule has 3 rings (SSSR count). The SMILES string of the molecule is COc1cccc(S(=O)(=O)NCc2ccc(Oc3nccs3)cc2)c1. The number of nitrogens with zero attached hydrogens (tertiary/aromatic N) is 1. The molecule has 0 aliphatic carbocycles. The number of hydrogen-bond acceptors (Lipinski definition) is 6. The topological polar surface area (TPSA) is 77.5 Å². The van der Waals surface area contributed by atoms with Gasteiger partial charge in [-0.1, -0.05) is 29.5 Å². The highest BCUT2D eigenvalue weighted by molar-refractivity contribution is 7.89. The number of sulfonamides is 1. The summed E-state index contributed by atoms with van der Waals surface area (Å²) in [6, 6.07) is 13.5. The summed E-state index contributed by atoms with van der Waals surface area (Å²) in [5.74, 6) is 1.14. The third kappa shape index (κ3) is 4.56. The molecule has 0 radical (unpaired) electrons. The highest BCUT2D eigenvalue weighted by Gasteiger charge is 2.14. The van der Waals surface area contributed by atoms with Gasteiger partial charge in [0.05, 0.1) is 12.0 Å². The Labute approximate surface area is 150 Å². The number of benzene rings is 2. The molecule has 0 fully saturated rings. The fourth-order valence-corrected chi connectivity index (χ4v) is 3.62. The minimum Gasteiger partial charge on any atom is -0.497 e. The zero-order valence-corrected chi connectivity index (χ0v) is 15.0. The molecule has 0 amide bonds. The van der Waals surface area contributed by atoms with Crippen LogP contribution in [0.5, 0.6) is 16.7 Å². The van der Waals surface area contributed by atoms with Crippen molar-refractivity contribution < 1.29 is 17.9 Å². The molecule has 0 spiro atoms. The van der Waals surface area contributed by atoms with E-state index in [1.807, 2.05) is 5.38 Å². The van der Waals surface area contributed by atoms with Crippen molar-refractivity contribution in [2.75, 3.05) is 7.11 Å². The van der Waals surface area contributed by atoms with Crippen LogP contribution in [0.2, 0.25) is 0 Å². The molecule has 0 saturated heterocycles. The van der Waals surface area contributed by atoms with E-state index >= 15 is 0 Å². The maximum atomic E-state index is 12.4. The highest BCUT2D eigenvalue weighted by Crippen LogP contribution is 2.23. The summed E-state index contributed by atoms with van der Waals surface area (Å²) >= 11 is 1.40. The lowest BCUT2D eigenvalue weighted by Gasteiger charge is -2.09. The maximum Gasteiger partial charge on any atom is 0.278 e. The van der Waals surface area contributed by atoms with Gasteiger partial charge in [0, 0.05) is 24.2 Å². The van der Waals surface area contributed by atoms with E-state index < -0.39 is 10.0 Å². The molecule has 1 N–H and O–H groups in total. The summed E-state index contributed by atoms with van der Waals surface area (Å²) in [5.41, 5.74) is 0.818. The molecule has 0 unspecified atom stereocenters. The highest BCUT2D eigenvalue weighted by atomic mass is 32.2. The summed E-state index contributed by atoms with van der Waals surface area (Å²) in [5, 5.41) is 2.39. The predicted octanol–water partition coefficient (Wildman–Crippen LogP) is 3.42. The first-order chi connectivity index (χ1) is 12.1. The van der Waals surface area contributed by atoms with Gasteiger partial charge in [-0.05, 0) is 29.8 Å². The Kier molecular flexibility index (Phi) is 5.32. The van der Waals surface area contributed by atoms with Crippen LogP contribution in [0.1, 0.15) is 5.56 Å². The zero-order chi connectivity index (χ0) is 17.7. The summed E-state index contributed by atoms with van der Waals surface area (Å²) in [4.78, 5) is 4.21. The fraction of sp³-hybridized carbons (Fsp3) is 0.118. The van der Waals surface area contributed by atoms with Crippen molar-refractivity contribution in [2.24, 2.45) is 0 Å². The third-order valence-electron chi connectivity index (χ3n) is 3.36. The van der Waals surface area contributed by atoms with Crippen LogP contribution in [0.3, 0.4) is 0 Å². The molecule has 25 heavy (non-hydrogen) atoms. The van der Waals surface area contributed by atoms with Gasteiger partial charge in [0.1, 0.15) is 11.5 Å². The molecular weight excluding hydrogens is 360 g/mol. The zero-order valence-electron chi connectivity index (χ0n) is 13.4. The number of nitrogens with one attached hydrogen (secondary N) is 1. The van der Waals surface area contributed by atoms with E-state index in [1.54, 1.807) is 42.6 Å². The van der Waals surface area contributed by atoms with E-state index in [1.165, 1.54) is 30.6 Å². The van der Waals surface area contributed by atoms with Crippen LogP contribution in [0, 0.1) is 0 Å². The lowest BCUT2D eigenvalue weighted by atomic mass is 10.2. The minimum absolute atomic E-state index is 0.163. The fourth-order valence-electron chi connectivity index (χ4n) is 2.07. The number of methoxy groups -OCH3 is 1. The molecule has 2 aromatic carbocycles. The first-order valence-corrected chi connectivity index (χ1v) is 9.73. The van der Waals surface area contributed by atoms with E-state index in [4.69, 9.17) is 9.47 Å². The van der Waals surface area contributed by atoms with Crippen molar-refractivity contribution in [3.8, 4) is 16.7 Å². The third-order valence-corrected chi connectivity index (χ3v) is 5.40. The van der Waals surface area contributed by atoms with Crippen LogP contribution in [-0.4, -0.2) is 20.5 Å². The normalized spacial score (nSPS) is 11.2. The number of hydrogen-bond donors (Lipinski definition) is 1. The van der Waals surface area contributed by atoms with Gasteiger partial charge in [0.15, 0.2) is 0 Å². The first-order valence-electron chi connectivity index (χ1n) is 7.37. The number of rotatable bonds is 7. The van der Waals surface area contributed by atoms with E-state index in [0.717, 1.165) is 5.56 Å². The van der Waals surface area contributed by atoms with E-state index in [-0.39, 0.29) is 11.4 Å². The Hall–Kier alpha value is -2.42. The molecule has 0 atom stereocenters. The lowest BCUT2D eigenvalue weighted by Crippen LogP contribution is -2.23. The average molecular weight is 376 g/mol. The average Bonchev–Trinajstić information content (AvgIpc) is 3.14. The maximum absolute atomic E-state index is 12.4. The number of thiazole rings is 1. The van der Waals surface area contributed by atoms with Gasteiger partial charge in [-0.3, -0.25) is 0 Å². The van der Waals surface area contributed by atoms with Gasteiger partial charge in [-0.25, -0.2) is 18.1 Å². The van der Waals surface area contributed by atoms with Crippen LogP contribution in [0.4, 0.5) is 0 Å². The minimum atomic E-state index is -3.61. The van der Waals surface area contributed by atoms with Gasteiger partial charge in [-0.15, -0.1) is 0 Å². The molecule has 0 saturated carbocycles. The molecule has 3 aromatic rings. The second-order valence-corrected chi connectivity index (χ2v) is 7.67. The molecule has 0 bridgehead atoms. The molecule has 6 nitrogen and oxygen atoms in total. The van der Waals surface area contributed by atoms with E-state index in [9.17, 15) is 8.42 Å². The Bertz CT molecular complexity index is 924. The van der Waals surface area contributed by atoms with E-state index in [2.05, 4.69) is 9.71 Å². The van der Waals surface area contributed by atoms with Crippen LogP contribution < -0.4 is 14.2 Å². The summed E-state index contributed by atoms with van der Waals surface area (Å²) in [6.45, 7) is 0.178. The van der Waals surface area contributed by atoms with Gasteiger partial charge in [0.2, 0.25) is 10.0 Å². The van der Waals surface area contributed by atoms with Crippen molar-refractivity contribution in [1.29, 1.82) is 0 Å². The Morgan fingerprint density at radius 3 is 2.60 bits per heavy atom. The molecule has 0 aliphatic rings. The van der Waals surface area contributed by atoms with Gasteiger partial charge in [0.25, 0.3) is 5.19 Å². The Balaban J connectivity index is 1.64. The van der Waals surface area contributed by atoms with Crippen LogP contribution in [0.25, 0.3) is 0 Å². The lowest BCUT2D eigenvalue weighted by molar-refractivity contribution is 0.413. The van der Waals surface area contributed by atoms with Crippen LogP contribution in [-0.2, 0) is 16.6 Å². The van der Waals surface area contributed by atoms with Crippen LogP contribution >= 0.6 is 11.3 Å². The standard InChI is InChI=1S/C17H16N2O4S2/c1-22-15-3-2-4-16(11-15)25(20,21)19-12-13-5-7-14(8-6-13)23-17-18-9-10-24-17/h2-11,19H,12H2,1H3. The van der Waals surface area contributed by atoms with Crippen molar-refractivity contribution in [3.05, 3.63) is 65.7 Å². The van der Waals surface area contributed by atoms with Crippen LogP contribution in [0.15, 0.2) is 65.0 Å². The number of aromatic nitrogens is 1. The summed E-state index contributed by atoms with van der Waals surface area (Å²) in [7, 11) is -2.12. The molecule has 0 aliphatic heterocycles. The van der Waals surface area contributed by atoms with Crippen molar-refractivity contribution in [2.45, 2.75) is 11.4 Å². The molecule has 1 heterocycles. The quantitative estimate of drug-likeness (QED) is 0.684. The largest absolute Gasteiger partial charge is 0.497 e. The molecule has 1 aromatic heterocycles. The molecule has 8 heteroatoms. The number of ether oxygens (including phenoxy) is 2. The summed E-state index contributed by atoms with van der Waals surface area (Å²) < 4.78 is 37.9. The molecule has 130 valence electrons. The first kappa shape index (κ1) is 17.4. The van der Waals surface area contributed by atoms with Gasteiger partial charge < -0.3 is 9.47 Å². The molecular formula is C17H16N2O4S2.